The fraction of sp³-hybridized carbons (Fsp3) is 0.769. The number of hydrogen-bond donors (Lipinski definition) is 6. The molecule has 128 valence electrons. The third-order valence-corrected chi connectivity index (χ3v) is 3.42. The summed E-state index contributed by atoms with van der Waals surface area (Å²) in [6.45, 7) is 4.09. The molecule has 0 aliphatic rings. The molecule has 0 saturated carbocycles. The first-order valence-corrected chi connectivity index (χ1v) is 7.03. The predicted molar refractivity (Wildman–Crippen MR) is 77.7 cm³/mol. The van der Waals surface area contributed by atoms with Crippen LogP contribution >= 0.6 is 0 Å². The number of nitrogens with one attached hydrogen (secondary N) is 2. The second kappa shape index (κ2) is 9.34. The van der Waals surface area contributed by atoms with Crippen LogP contribution in [0.15, 0.2) is 0 Å². The van der Waals surface area contributed by atoms with Crippen molar-refractivity contribution in [3.8, 4) is 0 Å². The van der Waals surface area contributed by atoms with Gasteiger partial charge in [0.25, 0.3) is 0 Å². The molecule has 0 rings (SSSR count). The molecule has 22 heavy (non-hydrogen) atoms. The van der Waals surface area contributed by atoms with Gasteiger partial charge in [-0.2, -0.15) is 0 Å². The topological polar surface area (TPSA) is 162 Å². The van der Waals surface area contributed by atoms with Gasteiger partial charge in [-0.25, -0.2) is 4.79 Å². The summed E-state index contributed by atoms with van der Waals surface area (Å²) >= 11 is 0. The van der Waals surface area contributed by atoms with E-state index in [1.807, 2.05) is 12.2 Å². The Balaban J connectivity index is 4.89. The van der Waals surface area contributed by atoms with E-state index in [0.717, 1.165) is 0 Å². The number of aliphatic carboxylic acids is 1. The summed E-state index contributed by atoms with van der Waals surface area (Å²) in [6.07, 6.45) is -0.604. The number of amides is 2. The van der Waals surface area contributed by atoms with Crippen LogP contribution in [0.25, 0.3) is 0 Å². The van der Waals surface area contributed by atoms with Gasteiger partial charge >= 0.3 is 5.97 Å². The van der Waals surface area contributed by atoms with Gasteiger partial charge in [-0.05, 0) is 12.8 Å². The molecule has 9 nitrogen and oxygen atoms in total. The minimum absolute atomic E-state index is 0.123. The molecule has 0 fully saturated rings. The highest BCUT2D eigenvalue weighted by Gasteiger charge is 2.31. The summed E-state index contributed by atoms with van der Waals surface area (Å²) in [5, 5.41) is 31.6. The van der Waals surface area contributed by atoms with Crippen LogP contribution in [0.1, 0.15) is 27.2 Å². The van der Waals surface area contributed by atoms with E-state index in [2.05, 4.69) is 5.32 Å². The molecule has 9 heteroatoms. The van der Waals surface area contributed by atoms with E-state index in [0.29, 0.717) is 6.42 Å². The van der Waals surface area contributed by atoms with Crippen LogP contribution in [-0.2, 0) is 14.4 Å². The van der Waals surface area contributed by atoms with Gasteiger partial charge in [-0.1, -0.05) is 20.3 Å². The minimum atomic E-state index is -1.52. The van der Waals surface area contributed by atoms with Crippen molar-refractivity contribution < 1.29 is 29.7 Å². The number of carbonyl (C=O) groups excluding carboxylic acids is 2. The molecule has 0 saturated heterocycles. The largest absolute Gasteiger partial charge is 0.480 e. The van der Waals surface area contributed by atoms with Gasteiger partial charge < -0.3 is 31.7 Å². The van der Waals surface area contributed by atoms with Gasteiger partial charge in [0.15, 0.2) is 0 Å². The number of carboxylic acids is 1. The Morgan fingerprint density at radius 2 is 1.68 bits per heavy atom. The van der Waals surface area contributed by atoms with Crippen LogP contribution in [-0.4, -0.2) is 63.9 Å². The average molecular weight is 319 g/mol. The third-order valence-electron chi connectivity index (χ3n) is 3.42. The Morgan fingerprint density at radius 3 is 2.05 bits per heavy atom. The molecule has 5 atom stereocenters. The summed E-state index contributed by atoms with van der Waals surface area (Å²) in [6, 6.07) is -3.74. The Bertz CT molecular complexity index is 401. The first-order valence-electron chi connectivity index (χ1n) is 7.03. The van der Waals surface area contributed by atoms with Crippen LogP contribution in [0, 0.1) is 5.92 Å². The van der Waals surface area contributed by atoms with Crippen molar-refractivity contribution >= 4 is 17.8 Å². The zero-order valence-corrected chi connectivity index (χ0v) is 12.9. The molecular weight excluding hydrogens is 294 g/mol. The highest BCUT2D eigenvalue weighted by molar-refractivity contribution is 5.92. The van der Waals surface area contributed by atoms with E-state index in [1.54, 1.807) is 6.92 Å². The molecular formula is C13H25N3O6. The van der Waals surface area contributed by atoms with Gasteiger partial charge in [-0.3, -0.25) is 9.59 Å². The van der Waals surface area contributed by atoms with E-state index < -0.39 is 48.6 Å². The Morgan fingerprint density at radius 1 is 1.14 bits per heavy atom. The van der Waals surface area contributed by atoms with Crippen molar-refractivity contribution in [2.24, 2.45) is 11.7 Å². The maximum Gasteiger partial charge on any atom is 0.328 e. The van der Waals surface area contributed by atoms with Crippen molar-refractivity contribution in [2.75, 3.05) is 6.61 Å². The first-order chi connectivity index (χ1) is 10.1. The number of nitrogens with two attached hydrogens (primary N) is 1. The standard InChI is InChI=1S/C13H25N3O6/c1-4-6(2)9(14)11(19)16-10(7(3)18)12(20)15-8(5-17)13(21)22/h6-10,17-18H,4-5,14H2,1-3H3,(H,15,20)(H,16,19)(H,21,22)/t6-,7+,8-,9-,10-/m0/s1. The summed E-state index contributed by atoms with van der Waals surface area (Å²) in [5.74, 6) is -3.09. The van der Waals surface area contributed by atoms with Gasteiger partial charge in [0.1, 0.15) is 12.1 Å². The van der Waals surface area contributed by atoms with E-state index in [1.165, 1.54) is 6.92 Å². The fourth-order valence-corrected chi connectivity index (χ4v) is 1.61. The van der Waals surface area contributed by atoms with Crippen molar-refractivity contribution in [1.82, 2.24) is 10.6 Å². The van der Waals surface area contributed by atoms with Crippen molar-refractivity contribution in [3.63, 3.8) is 0 Å². The molecule has 0 unspecified atom stereocenters. The van der Waals surface area contributed by atoms with E-state index in [4.69, 9.17) is 15.9 Å². The number of hydrogen-bond acceptors (Lipinski definition) is 6. The molecule has 0 aromatic carbocycles. The van der Waals surface area contributed by atoms with Gasteiger partial charge in [0.05, 0.1) is 18.8 Å². The number of carbonyl (C=O) groups is 3. The maximum absolute atomic E-state index is 12.0. The second-order valence-corrected chi connectivity index (χ2v) is 5.22. The Hall–Kier alpha value is -1.71. The molecule has 0 spiro atoms. The predicted octanol–water partition coefficient (Wildman–Crippen LogP) is -2.21. The molecule has 0 aliphatic carbocycles. The van der Waals surface area contributed by atoms with Gasteiger partial charge in [-0.15, -0.1) is 0 Å². The van der Waals surface area contributed by atoms with Crippen LogP contribution in [0.4, 0.5) is 0 Å². The lowest BCUT2D eigenvalue weighted by molar-refractivity contribution is -0.144. The minimum Gasteiger partial charge on any atom is -0.480 e. The van der Waals surface area contributed by atoms with Gasteiger partial charge in [0, 0.05) is 0 Å². The first kappa shape index (κ1) is 20.3. The molecule has 2 amide bonds. The van der Waals surface area contributed by atoms with E-state index >= 15 is 0 Å². The Kier molecular flexibility index (Phi) is 8.61. The zero-order chi connectivity index (χ0) is 17.4. The molecule has 0 aromatic heterocycles. The van der Waals surface area contributed by atoms with E-state index in [-0.39, 0.29) is 5.92 Å². The van der Waals surface area contributed by atoms with Crippen molar-refractivity contribution in [1.29, 1.82) is 0 Å². The number of rotatable bonds is 9. The average Bonchev–Trinajstić information content (AvgIpc) is 2.47. The lowest BCUT2D eigenvalue weighted by Gasteiger charge is -2.25. The van der Waals surface area contributed by atoms with E-state index in [9.17, 15) is 19.5 Å². The van der Waals surface area contributed by atoms with Crippen LogP contribution in [0.5, 0.6) is 0 Å². The Labute approximate surface area is 128 Å². The monoisotopic (exact) mass is 319 g/mol. The number of carboxylic acid groups (broad SMARTS) is 1. The summed E-state index contributed by atoms with van der Waals surface area (Å²) in [4.78, 5) is 34.7. The molecule has 0 aromatic rings. The van der Waals surface area contributed by atoms with Gasteiger partial charge in [0.2, 0.25) is 11.8 Å². The quantitative estimate of drug-likeness (QED) is 0.280. The van der Waals surface area contributed by atoms with Crippen LogP contribution < -0.4 is 16.4 Å². The maximum atomic E-state index is 12.0. The highest BCUT2D eigenvalue weighted by Crippen LogP contribution is 2.06. The third kappa shape index (κ3) is 5.96. The molecule has 0 radical (unpaired) electrons. The second-order valence-electron chi connectivity index (χ2n) is 5.22. The zero-order valence-electron chi connectivity index (χ0n) is 12.9. The summed E-state index contributed by atoms with van der Waals surface area (Å²) in [5.41, 5.74) is 5.74. The smallest absolute Gasteiger partial charge is 0.328 e. The molecule has 7 N–H and O–H groups in total. The fourth-order valence-electron chi connectivity index (χ4n) is 1.61. The summed E-state index contributed by atoms with van der Waals surface area (Å²) in [7, 11) is 0. The summed E-state index contributed by atoms with van der Waals surface area (Å²) < 4.78 is 0. The number of aliphatic hydroxyl groups excluding tert-OH is 2. The highest BCUT2D eigenvalue weighted by atomic mass is 16.4. The molecule has 0 heterocycles. The van der Waals surface area contributed by atoms with Crippen molar-refractivity contribution in [2.45, 2.75) is 51.4 Å². The number of aliphatic hydroxyl groups is 2. The van der Waals surface area contributed by atoms with Crippen molar-refractivity contribution in [3.05, 3.63) is 0 Å². The lowest BCUT2D eigenvalue weighted by atomic mass is 9.98. The van der Waals surface area contributed by atoms with Crippen LogP contribution in [0.3, 0.4) is 0 Å². The SMILES string of the molecule is CC[C@H](C)[C@H](N)C(=O)N[C@H](C(=O)N[C@@H](CO)C(=O)O)[C@@H](C)O. The molecule has 0 aliphatic heterocycles. The normalized spacial score (nSPS) is 17.7. The molecule has 0 bridgehead atoms. The van der Waals surface area contributed by atoms with Crippen LogP contribution in [0.2, 0.25) is 0 Å². The lowest BCUT2D eigenvalue weighted by Crippen LogP contribution is -2.59.